The van der Waals surface area contributed by atoms with Crippen molar-refractivity contribution in [2.45, 2.75) is 43.9 Å². The zero-order valence-electron chi connectivity index (χ0n) is 17.3. The van der Waals surface area contributed by atoms with Gasteiger partial charge in [-0.15, -0.1) is 0 Å². The van der Waals surface area contributed by atoms with Crippen LogP contribution in [0.2, 0.25) is 0 Å². The van der Waals surface area contributed by atoms with Crippen molar-refractivity contribution in [2.75, 3.05) is 5.75 Å². The number of aliphatic carboxylic acids is 1. The topological polar surface area (TPSA) is 214 Å². The Bertz CT molecular complexity index is 849. The number of thiol groups is 1. The molecule has 0 aromatic heterocycles. The number of carboxylic acid groups (broad SMARTS) is 1. The van der Waals surface area contributed by atoms with E-state index in [-0.39, 0.29) is 17.9 Å². The molecule has 13 heteroatoms. The van der Waals surface area contributed by atoms with Gasteiger partial charge in [-0.05, 0) is 31.0 Å². The molecule has 1 aromatic carbocycles. The summed E-state index contributed by atoms with van der Waals surface area (Å²) in [6, 6.07) is 1.18. The molecule has 0 aliphatic heterocycles. The third kappa shape index (κ3) is 8.81. The minimum Gasteiger partial charge on any atom is -0.508 e. The third-order valence-electron chi connectivity index (χ3n) is 4.32. The first-order valence-electron chi connectivity index (χ1n) is 9.51. The molecule has 176 valence electrons. The van der Waals surface area contributed by atoms with Crippen LogP contribution in [0, 0.1) is 0 Å². The van der Waals surface area contributed by atoms with Gasteiger partial charge in [-0.3, -0.25) is 19.2 Å². The van der Waals surface area contributed by atoms with Crippen LogP contribution in [-0.2, 0) is 30.4 Å². The van der Waals surface area contributed by atoms with Crippen LogP contribution in [0.3, 0.4) is 0 Å². The van der Waals surface area contributed by atoms with Crippen LogP contribution in [0.1, 0.15) is 18.9 Å². The number of hydrogen-bond donors (Lipinski definition) is 8. The highest BCUT2D eigenvalue weighted by molar-refractivity contribution is 7.80. The van der Waals surface area contributed by atoms with E-state index in [0.717, 1.165) is 0 Å². The third-order valence-corrected chi connectivity index (χ3v) is 4.68. The minimum absolute atomic E-state index is 0.0654. The first-order valence-corrected chi connectivity index (χ1v) is 10.1. The predicted octanol–water partition coefficient (Wildman–Crippen LogP) is -2.37. The van der Waals surface area contributed by atoms with Crippen molar-refractivity contribution in [3.63, 3.8) is 0 Å². The SMILES string of the molecule is CC(NC(=O)C(N)Cc1ccc(O)cc1)C(=O)NC(CC(N)=O)C(=O)NC(CS)C(=O)O. The van der Waals surface area contributed by atoms with Crippen molar-refractivity contribution in [3.8, 4) is 5.75 Å². The summed E-state index contributed by atoms with van der Waals surface area (Å²) in [5.41, 5.74) is 11.7. The Morgan fingerprint density at radius 1 is 0.969 bits per heavy atom. The molecule has 4 unspecified atom stereocenters. The Labute approximate surface area is 189 Å². The number of hydrogen-bond acceptors (Lipinski definition) is 8. The van der Waals surface area contributed by atoms with Crippen LogP contribution < -0.4 is 27.4 Å². The Morgan fingerprint density at radius 2 is 1.53 bits per heavy atom. The Hall–Kier alpha value is -3.32. The predicted molar refractivity (Wildman–Crippen MR) is 117 cm³/mol. The number of carbonyl (C=O) groups is 5. The number of aromatic hydroxyl groups is 1. The molecule has 12 nitrogen and oxygen atoms in total. The zero-order valence-corrected chi connectivity index (χ0v) is 18.2. The van der Waals surface area contributed by atoms with Gasteiger partial charge in [0.25, 0.3) is 0 Å². The second-order valence-corrected chi connectivity index (χ2v) is 7.39. The van der Waals surface area contributed by atoms with E-state index < -0.39 is 60.2 Å². The van der Waals surface area contributed by atoms with Crippen molar-refractivity contribution in [1.29, 1.82) is 0 Å². The van der Waals surface area contributed by atoms with E-state index in [2.05, 4.69) is 28.6 Å². The minimum atomic E-state index is -1.45. The van der Waals surface area contributed by atoms with Crippen LogP contribution in [-0.4, -0.2) is 69.7 Å². The van der Waals surface area contributed by atoms with Gasteiger partial charge in [0.05, 0.1) is 12.5 Å². The fourth-order valence-electron chi connectivity index (χ4n) is 2.53. The van der Waals surface area contributed by atoms with Gasteiger partial charge >= 0.3 is 5.97 Å². The molecule has 4 atom stereocenters. The summed E-state index contributed by atoms with van der Waals surface area (Å²) in [6.07, 6.45) is -0.440. The number of nitrogens with two attached hydrogens (primary N) is 2. The van der Waals surface area contributed by atoms with Gasteiger partial charge in [0.15, 0.2) is 0 Å². The lowest BCUT2D eigenvalue weighted by Gasteiger charge is -2.22. The highest BCUT2D eigenvalue weighted by Crippen LogP contribution is 2.11. The van der Waals surface area contributed by atoms with Crippen LogP contribution in [0.4, 0.5) is 0 Å². The van der Waals surface area contributed by atoms with Gasteiger partial charge in [-0.1, -0.05) is 12.1 Å². The van der Waals surface area contributed by atoms with Crippen LogP contribution >= 0.6 is 12.6 Å². The lowest BCUT2D eigenvalue weighted by molar-refractivity contribution is -0.141. The number of nitrogens with one attached hydrogen (secondary N) is 3. The van der Waals surface area contributed by atoms with Gasteiger partial charge in [0.1, 0.15) is 23.9 Å². The Kier molecular flexibility index (Phi) is 10.4. The van der Waals surface area contributed by atoms with Gasteiger partial charge in [-0.25, -0.2) is 4.79 Å². The van der Waals surface area contributed by atoms with Gasteiger partial charge in [0, 0.05) is 5.75 Å². The lowest BCUT2D eigenvalue weighted by atomic mass is 10.1. The van der Waals surface area contributed by atoms with Gasteiger partial charge < -0.3 is 37.6 Å². The zero-order chi connectivity index (χ0) is 24.4. The second-order valence-electron chi connectivity index (χ2n) is 7.02. The largest absolute Gasteiger partial charge is 0.508 e. The molecule has 0 aliphatic rings. The summed E-state index contributed by atoms with van der Waals surface area (Å²) >= 11 is 3.82. The molecule has 1 aromatic rings. The van der Waals surface area contributed by atoms with E-state index in [1.54, 1.807) is 12.1 Å². The van der Waals surface area contributed by atoms with E-state index >= 15 is 0 Å². The molecule has 4 amide bonds. The van der Waals surface area contributed by atoms with E-state index in [4.69, 9.17) is 16.6 Å². The number of carboxylic acids is 1. The summed E-state index contributed by atoms with van der Waals surface area (Å²) in [6.45, 7) is 1.34. The quantitative estimate of drug-likeness (QED) is 0.154. The monoisotopic (exact) mass is 469 g/mol. The van der Waals surface area contributed by atoms with E-state index in [1.165, 1.54) is 19.1 Å². The Morgan fingerprint density at radius 3 is 2.03 bits per heavy atom. The first-order chi connectivity index (χ1) is 14.9. The van der Waals surface area contributed by atoms with Crippen LogP contribution in [0.25, 0.3) is 0 Å². The summed E-state index contributed by atoms with van der Waals surface area (Å²) in [4.78, 5) is 59.4. The molecule has 0 spiro atoms. The molecule has 0 radical (unpaired) electrons. The molecule has 1 rings (SSSR count). The van der Waals surface area contributed by atoms with E-state index in [9.17, 15) is 29.1 Å². The van der Waals surface area contributed by atoms with Crippen LogP contribution in [0.15, 0.2) is 24.3 Å². The molecular weight excluding hydrogens is 442 g/mol. The number of phenols is 1. The fraction of sp³-hybridized carbons (Fsp3) is 0.421. The molecular formula is C19H27N5O7S. The average Bonchev–Trinajstić information content (AvgIpc) is 2.72. The van der Waals surface area contributed by atoms with Gasteiger partial charge in [-0.2, -0.15) is 12.6 Å². The van der Waals surface area contributed by atoms with Crippen molar-refractivity contribution < 1.29 is 34.2 Å². The number of rotatable bonds is 12. The number of benzene rings is 1. The maximum Gasteiger partial charge on any atom is 0.327 e. The summed E-state index contributed by atoms with van der Waals surface area (Å²) in [5, 5.41) is 25.1. The van der Waals surface area contributed by atoms with Crippen molar-refractivity contribution in [2.24, 2.45) is 11.5 Å². The van der Waals surface area contributed by atoms with E-state index in [0.29, 0.717) is 5.56 Å². The van der Waals surface area contributed by atoms with Crippen LogP contribution in [0.5, 0.6) is 5.75 Å². The molecule has 9 N–H and O–H groups in total. The fourth-order valence-corrected chi connectivity index (χ4v) is 2.78. The molecule has 32 heavy (non-hydrogen) atoms. The highest BCUT2D eigenvalue weighted by Gasteiger charge is 2.29. The van der Waals surface area contributed by atoms with Gasteiger partial charge in [0.2, 0.25) is 23.6 Å². The molecule has 0 saturated carbocycles. The lowest BCUT2D eigenvalue weighted by Crippen LogP contribution is -2.57. The second kappa shape index (κ2) is 12.5. The maximum absolute atomic E-state index is 12.4. The molecule has 0 aliphatic carbocycles. The molecule has 0 saturated heterocycles. The number of carbonyl (C=O) groups excluding carboxylic acids is 4. The molecule has 0 fully saturated rings. The molecule has 0 heterocycles. The number of amides is 4. The molecule has 0 bridgehead atoms. The van der Waals surface area contributed by atoms with E-state index in [1.807, 2.05) is 0 Å². The van der Waals surface area contributed by atoms with Crippen molar-refractivity contribution in [3.05, 3.63) is 29.8 Å². The summed E-state index contributed by atoms with van der Waals surface area (Å²) in [5.74, 6) is -4.80. The van der Waals surface area contributed by atoms with Crippen molar-refractivity contribution in [1.82, 2.24) is 16.0 Å². The maximum atomic E-state index is 12.4. The summed E-state index contributed by atoms with van der Waals surface area (Å²) < 4.78 is 0. The number of primary amides is 1. The number of phenolic OH excluding ortho intramolecular Hbond substituents is 1. The highest BCUT2D eigenvalue weighted by atomic mass is 32.1. The summed E-state index contributed by atoms with van der Waals surface area (Å²) in [7, 11) is 0. The Balaban J connectivity index is 2.72. The standard InChI is InChI=1S/C19H27N5O7S/c1-9(22-17(28)12(20)6-10-2-4-11(25)5-3-10)16(27)23-13(7-15(21)26)18(29)24-14(8-32)19(30)31/h2-5,9,12-14,25,32H,6-8,20H2,1H3,(H2,21,26)(H,22,28)(H,23,27)(H,24,29)(H,30,31). The first kappa shape index (κ1) is 26.7. The van der Waals surface area contributed by atoms with Crippen molar-refractivity contribution >= 4 is 42.2 Å². The normalized spacial score (nSPS) is 14.3. The smallest absolute Gasteiger partial charge is 0.327 e. The average molecular weight is 470 g/mol.